The van der Waals surface area contributed by atoms with Gasteiger partial charge in [0, 0.05) is 4.47 Å². The monoisotopic (exact) mass is 335 g/mol. The summed E-state index contributed by atoms with van der Waals surface area (Å²) in [6.45, 7) is 5.60. The third kappa shape index (κ3) is 3.65. The smallest absolute Gasteiger partial charge is 0.0984 e. The molecule has 1 aromatic rings. The average molecular weight is 337 g/mol. The Morgan fingerprint density at radius 1 is 1.47 bits per heavy atom. The van der Waals surface area contributed by atoms with E-state index in [1.54, 1.807) is 0 Å². The van der Waals surface area contributed by atoms with E-state index >= 15 is 0 Å². The highest BCUT2D eigenvalue weighted by atomic mass is 79.9. The van der Waals surface area contributed by atoms with Crippen LogP contribution < -0.4 is 5.14 Å². The predicted octanol–water partition coefficient (Wildman–Crippen LogP) is 3.83. The highest BCUT2D eigenvalue weighted by molar-refractivity contribution is 9.10. The Hall–Kier alpha value is -0.160. The molecular formula is C12H15BrClNOS. The van der Waals surface area contributed by atoms with Crippen LogP contribution >= 0.6 is 27.5 Å². The van der Waals surface area contributed by atoms with Crippen LogP contribution in [0.15, 0.2) is 22.7 Å². The minimum absolute atomic E-state index is 0.550. The van der Waals surface area contributed by atoms with Crippen LogP contribution in [0.4, 0.5) is 0 Å². The van der Waals surface area contributed by atoms with E-state index in [1.165, 1.54) is 0 Å². The Balaban J connectivity index is 3.09. The van der Waals surface area contributed by atoms with E-state index in [-0.39, 0.29) is 0 Å². The number of hydrogen-bond donors (Lipinski definition) is 1. The van der Waals surface area contributed by atoms with Crippen LogP contribution in [-0.2, 0) is 11.0 Å². The number of halogens is 2. The van der Waals surface area contributed by atoms with Gasteiger partial charge in [-0.05, 0) is 53.9 Å². The van der Waals surface area contributed by atoms with E-state index in [0.29, 0.717) is 5.02 Å². The number of nitrogens with two attached hydrogens (primary N) is 1. The van der Waals surface area contributed by atoms with Crippen molar-refractivity contribution in [1.82, 2.24) is 0 Å². The first-order chi connectivity index (χ1) is 7.75. The molecule has 0 amide bonds. The highest BCUT2D eigenvalue weighted by Gasteiger charge is 2.19. The molecule has 0 aliphatic carbocycles. The first-order valence-electron chi connectivity index (χ1n) is 5.06. The second-order valence-electron chi connectivity index (χ2n) is 4.31. The third-order valence-corrected chi connectivity index (χ3v) is 5.11. The molecule has 17 heavy (non-hydrogen) atoms. The molecule has 2 N–H and O–H groups in total. The molecule has 1 aromatic carbocycles. The minimum Gasteiger partial charge on any atom is -0.251 e. The molecule has 0 aliphatic rings. The van der Waals surface area contributed by atoms with Gasteiger partial charge in [-0.3, -0.25) is 5.14 Å². The van der Waals surface area contributed by atoms with Crippen molar-refractivity contribution in [1.29, 1.82) is 0 Å². The Labute approximate surface area is 118 Å². The van der Waals surface area contributed by atoms with Gasteiger partial charge in [0.15, 0.2) is 0 Å². The van der Waals surface area contributed by atoms with Gasteiger partial charge >= 0.3 is 0 Å². The SMILES string of the molecule is Cc1c(C=CC(C)(C)S(N)=O)ccc(Br)c1Cl. The Morgan fingerprint density at radius 2 is 2.06 bits per heavy atom. The second kappa shape index (κ2) is 5.65. The lowest BCUT2D eigenvalue weighted by Crippen LogP contribution is -2.29. The quantitative estimate of drug-likeness (QED) is 0.895. The predicted molar refractivity (Wildman–Crippen MR) is 79.3 cm³/mol. The van der Waals surface area contributed by atoms with Crippen LogP contribution in [0.5, 0.6) is 0 Å². The van der Waals surface area contributed by atoms with E-state index in [9.17, 15) is 4.21 Å². The average Bonchev–Trinajstić information content (AvgIpc) is 2.25. The molecule has 0 saturated carbocycles. The lowest BCUT2D eigenvalue weighted by molar-refractivity contribution is 0.665. The van der Waals surface area contributed by atoms with Gasteiger partial charge in [0.05, 0.1) is 20.8 Å². The normalized spacial score (nSPS) is 14.2. The molecule has 2 nitrogen and oxygen atoms in total. The van der Waals surface area contributed by atoms with E-state index < -0.39 is 15.7 Å². The summed E-state index contributed by atoms with van der Waals surface area (Å²) in [4.78, 5) is 0. The van der Waals surface area contributed by atoms with Crippen LogP contribution in [0.1, 0.15) is 25.0 Å². The Kier molecular flexibility index (Phi) is 4.95. The van der Waals surface area contributed by atoms with Crippen LogP contribution in [0.2, 0.25) is 5.02 Å². The Morgan fingerprint density at radius 3 is 2.59 bits per heavy atom. The first kappa shape index (κ1) is 14.9. The lowest BCUT2D eigenvalue weighted by atomic mass is 10.1. The van der Waals surface area contributed by atoms with Gasteiger partial charge in [0.1, 0.15) is 0 Å². The summed E-state index contributed by atoms with van der Waals surface area (Å²) in [5.41, 5.74) is 1.98. The maximum absolute atomic E-state index is 11.3. The van der Waals surface area contributed by atoms with Gasteiger partial charge in [-0.15, -0.1) is 0 Å². The van der Waals surface area contributed by atoms with Crippen molar-refractivity contribution >= 4 is 44.6 Å². The third-order valence-electron chi connectivity index (χ3n) is 2.56. The zero-order chi connectivity index (χ0) is 13.2. The van der Waals surface area contributed by atoms with Gasteiger partial charge in [-0.25, -0.2) is 4.21 Å². The molecule has 0 bridgehead atoms. The fourth-order valence-electron chi connectivity index (χ4n) is 1.21. The molecule has 1 rings (SSSR count). The van der Waals surface area contributed by atoms with Crippen molar-refractivity contribution in [2.75, 3.05) is 0 Å². The maximum atomic E-state index is 11.3. The molecule has 0 saturated heterocycles. The molecule has 5 heteroatoms. The molecule has 94 valence electrons. The maximum Gasteiger partial charge on any atom is 0.0984 e. The summed E-state index contributed by atoms with van der Waals surface area (Å²) < 4.78 is 11.6. The number of rotatable bonds is 3. The summed E-state index contributed by atoms with van der Waals surface area (Å²) >= 11 is 9.50. The van der Waals surface area contributed by atoms with Crippen molar-refractivity contribution in [3.8, 4) is 0 Å². The minimum atomic E-state index is -1.39. The molecule has 0 aromatic heterocycles. The van der Waals surface area contributed by atoms with E-state index in [0.717, 1.165) is 15.6 Å². The standard InChI is InChI=1S/C12H15BrClNOS/c1-8-9(4-5-10(13)11(8)14)6-7-12(2,3)17(15)16/h4-7H,15H2,1-3H3. The summed E-state index contributed by atoms with van der Waals surface area (Å²) in [6, 6.07) is 3.85. The lowest BCUT2D eigenvalue weighted by Gasteiger charge is -2.16. The number of benzene rings is 1. The highest BCUT2D eigenvalue weighted by Crippen LogP contribution is 2.29. The van der Waals surface area contributed by atoms with Gasteiger partial charge in [-0.2, -0.15) is 0 Å². The topological polar surface area (TPSA) is 43.1 Å². The van der Waals surface area contributed by atoms with Gasteiger partial charge in [0.25, 0.3) is 0 Å². The molecular weight excluding hydrogens is 322 g/mol. The van der Waals surface area contributed by atoms with Crippen LogP contribution in [0, 0.1) is 6.92 Å². The molecule has 1 unspecified atom stereocenters. The summed E-state index contributed by atoms with van der Waals surface area (Å²) in [6.07, 6.45) is 3.74. The largest absolute Gasteiger partial charge is 0.251 e. The van der Waals surface area contributed by atoms with Gasteiger partial charge in [-0.1, -0.05) is 29.8 Å². The second-order valence-corrected chi connectivity index (χ2v) is 7.19. The number of hydrogen-bond acceptors (Lipinski definition) is 1. The first-order valence-corrected chi connectivity index (χ1v) is 7.44. The van der Waals surface area contributed by atoms with Gasteiger partial charge < -0.3 is 0 Å². The van der Waals surface area contributed by atoms with E-state index in [1.807, 2.05) is 45.1 Å². The van der Waals surface area contributed by atoms with Crippen molar-refractivity contribution in [3.63, 3.8) is 0 Å². The van der Waals surface area contributed by atoms with Crippen LogP contribution in [0.3, 0.4) is 0 Å². The summed E-state index contributed by atoms with van der Waals surface area (Å²) in [5, 5.41) is 6.11. The van der Waals surface area contributed by atoms with Gasteiger partial charge in [0.2, 0.25) is 0 Å². The summed E-state index contributed by atoms with van der Waals surface area (Å²) in [7, 11) is -1.39. The molecule has 0 spiro atoms. The van der Waals surface area contributed by atoms with Crippen LogP contribution in [0.25, 0.3) is 6.08 Å². The fraction of sp³-hybridized carbons (Fsp3) is 0.333. The van der Waals surface area contributed by atoms with Crippen molar-refractivity contribution in [2.24, 2.45) is 5.14 Å². The molecule has 0 heterocycles. The fourth-order valence-corrected chi connectivity index (χ4v) is 2.01. The zero-order valence-electron chi connectivity index (χ0n) is 9.96. The molecule has 1 atom stereocenters. The van der Waals surface area contributed by atoms with E-state index in [4.69, 9.17) is 16.7 Å². The molecule has 0 fully saturated rings. The van der Waals surface area contributed by atoms with Crippen molar-refractivity contribution in [2.45, 2.75) is 25.5 Å². The zero-order valence-corrected chi connectivity index (χ0v) is 13.1. The molecule has 0 radical (unpaired) electrons. The van der Waals surface area contributed by atoms with Crippen molar-refractivity contribution < 1.29 is 4.21 Å². The van der Waals surface area contributed by atoms with Crippen molar-refractivity contribution in [3.05, 3.63) is 38.8 Å². The Bertz CT molecular complexity index is 486. The summed E-state index contributed by atoms with van der Waals surface area (Å²) in [5.74, 6) is 0. The van der Waals surface area contributed by atoms with Crippen LogP contribution in [-0.4, -0.2) is 8.96 Å². The molecule has 0 aliphatic heterocycles. The van der Waals surface area contributed by atoms with E-state index in [2.05, 4.69) is 15.9 Å².